The maximum atomic E-state index is 12.2. The molecule has 2 atom stereocenters. The van der Waals surface area contributed by atoms with Gasteiger partial charge in [-0.05, 0) is 25.5 Å². The molecule has 0 saturated carbocycles. The van der Waals surface area contributed by atoms with Crippen LogP contribution in [-0.2, 0) is 19.0 Å². The van der Waals surface area contributed by atoms with E-state index in [1.54, 1.807) is 24.3 Å². The van der Waals surface area contributed by atoms with Crippen LogP contribution >= 0.6 is 0 Å². The first kappa shape index (κ1) is 14.2. The van der Waals surface area contributed by atoms with E-state index in [1.807, 2.05) is 26.0 Å². The molecule has 0 bridgehead atoms. The third kappa shape index (κ3) is 3.43. The van der Waals surface area contributed by atoms with Crippen LogP contribution in [0.3, 0.4) is 0 Å². The van der Waals surface area contributed by atoms with Gasteiger partial charge in [0.05, 0.1) is 11.5 Å². The van der Waals surface area contributed by atoms with Gasteiger partial charge in [-0.25, -0.2) is 0 Å². The first-order valence-corrected chi connectivity index (χ1v) is 7.72. The van der Waals surface area contributed by atoms with E-state index in [2.05, 4.69) is 0 Å². The highest BCUT2D eigenvalue weighted by Crippen LogP contribution is 2.21. The molecule has 0 unspecified atom stereocenters. The van der Waals surface area contributed by atoms with Crippen LogP contribution in [0, 0.1) is 6.92 Å². The van der Waals surface area contributed by atoms with E-state index >= 15 is 0 Å². The maximum absolute atomic E-state index is 12.2. The fourth-order valence-electron chi connectivity index (χ4n) is 1.92. The predicted octanol–water partition coefficient (Wildman–Crippen LogP) is 2.43. The first-order valence-electron chi connectivity index (χ1n) is 6.31. The molecule has 0 radical (unpaired) electrons. The van der Waals surface area contributed by atoms with Crippen molar-refractivity contribution in [1.29, 1.82) is 0 Å². The quantitative estimate of drug-likeness (QED) is 0.615. The zero-order chi connectivity index (χ0) is 13.9. The van der Waals surface area contributed by atoms with Crippen molar-refractivity contribution in [3.63, 3.8) is 0 Å². The molecule has 0 fully saturated rings. The smallest absolute Gasteiger partial charge is 0.297 e. The Balaban J connectivity index is 2.15. The summed E-state index contributed by atoms with van der Waals surface area (Å²) in [6.07, 6.45) is 3.52. The Morgan fingerprint density at radius 2 is 2.05 bits per heavy atom. The topological polar surface area (TPSA) is 52.6 Å². The predicted molar refractivity (Wildman–Crippen MR) is 72.4 cm³/mol. The van der Waals surface area contributed by atoms with Crippen molar-refractivity contribution in [2.45, 2.75) is 37.4 Å². The molecule has 0 spiro atoms. The molecule has 5 heteroatoms. The monoisotopic (exact) mass is 282 g/mol. The Labute approximate surface area is 114 Å². The van der Waals surface area contributed by atoms with Gasteiger partial charge in [0.25, 0.3) is 10.1 Å². The van der Waals surface area contributed by atoms with Crippen molar-refractivity contribution in [3.05, 3.63) is 42.0 Å². The van der Waals surface area contributed by atoms with Crippen LogP contribution in [0.4, 0.5) is 0 Å². The molecule has 0 saturated heterocycles. The first-order chi connectivity index (χ1) is 9.03. The molecule has 1 heterocycles. The number of ether oxygens (including phenoxy) is 1. The highest BCUT2D eigenvalue weighted by Gasteiger charge is 2.28. The number of benzene rings is 1. The second-order valence-electron chi connectivity index (χ2n) is 4.54. The average molecular weight is 282 g/mol. The summed E-state index contributed by atoms with van der Waals surface area (Å²) >= 11 is 0. The minimum atomic E-state index is -3.74. The molecular formula is C14H18O4S. The molecule has 0 amide bonds. The van der Waals surface area contributed by atoms with Gasteiger partial charge in [-0.2, -0.15) is 8.42 Å². The molecule has 2 rings (SSSR count). The second kappa shape index (κ2) is 5.86. The zero-order valence-electron chi connectivity index (χ0n) is 11.1. The number of rotatable bonds is 5. The Morgan fingerprint density at radius 1 is 1.37 bits per heavy atom. The lowest BCUT2D eigenvalue weighted by atomic mass is 10.1. The van der Waals surface area contributed by atoms with E-state index in [0.29, 0.717) is 13.0 Å². The molecule has 1 aliphatic heterocycles. The summed E-state index contributed by atoms with van der Waals surface area (Å²) in [4.78, 5) is 0.179. The van der Waals surface area contributed by atoms with E-state index in [9.17, 15) is 8.42 Å². The second-order valence-corrected chi connectivity index (χ2v) is 6.11. The molecule has 1 aliphatic rings. The summed E-state index contributed by atoms with van der Waals surface area (Å²) in [6.45, 7) is 4.29. The van der Waals surface area contributed by atoms with Gasteiger partial charge >= 0.3 is 0 Å². The van der Waals surface area contributed by atoms with Gasteiger partial charge in [0, 0.05) is 0 Å². The van der Waals surface area contributed by atoms with Crippen LogP contribution in [0.1, 0.15) is 18.9 Å². The summed E-state index contributed by atoms with van der Waals surface area (Å²) in [6, 6.07) is 6.62. The molecule has 0 N–H and O–H groups in total. The standard InChI is InChI=1S/C14H18O4S/c1-3-13(14-5-4-10-17-14)18-19(15,16)12-8-6-11(2)7-9-12/h4-9,13-14H,3,10H2,1-2H3/t13-,14+/m1/s1. The highest BCUT2D eigenvalue weighted by atomic mass is 32.2. The normalized spacial score (nSPS) is 20.6. The Morgan fingerprint density at radius 3 is 2.58 bits per heavy atom. The summed E-state index contributed by atoms with van der Waals surface area (Å²) in [5.41, 5.74) is 1.01. The van der Waals surface area contributed by atoms with Crippen LogP contribution in [-0.4, -0.2) is 27.2 Å². The average Bonchev–Trinajstić information content (AvgIpc) is 2.90. The van der Waals surface area contributed by atoms with Gasteiger partial charge in [-0.3, -0.25) is 4.18 Å². The van der Waals surface area contributed by atoms with Gasteiger partial charge in [-0.1, -0.05) is 36.8 Å². The van der Waals surface area contributed by atoms with Crippen LogP contribution in [0.15, 0.2) is 41.3 Å². The number of hydrogen-bond donors (Lipinski definition) is 0. The minimum Gasteiger partial charge on any atom is -0.367 e. The summed E-state index contributed by atoms with van der Waals surface area (Å²) in [7, 11) is -3.74. The lowest BCUT2D eigenvalue weighted by Crippen LogP contribution is -2.30. The van der Waals surface area contributed by atoms with E-state index in [4.69, 9.17) is 8.92 Å². The van der Waals surface area contributed by atoms with Crippen molar-refractivity contribution < 1.29 is 17.3 Å². The van der Waals surface area contributed by atoms with Gasteiger partial charge in [0.2, 0.25) is 0 Å². The van der Waals surface area contributed by atoms with Crippen LogP contribution in [0.25, 0.3) is 0 Å². The van der Waals surface area contributed by atoms with Gasteiger partial charge < -0.3 is 4.74 Å². The zero-order valence-corrected chi connectivity index (χ0v) is 11.9. The highest BCUT2D eigenvalue weighted by molar-refractivity contribution is 7.86. The lowest BCUT2D eigenvalue weighted by Gasteiger charge is -2.20. The van der Waals surface area contributed by atoms with Crippen molar-refractivity contribution in [1.82, 2.24) is 0 Å². The van der Waals surface area contributed by atoms with Crippen LogP contribution in [0.2, 0.25) is 0 Å². The van der Waals surface area contributed by atoms with E-state index in [0.717, 1.165) is 5.56 Å². The van der Waals surface area contributed by atoms with Crippen LogP contribution < -0.4 is 0 Å². The lowest BCUT2D eigenvalue weighted by molar-refractivity contribution is 0.0291. The van der Waals surface area contributed by atoms with Crippen LogP contribution in [0.5, 0.6) is 0 Å². The van der Waals surface area contributed by atoms with Crippen molar-refractivity contribution >= 4 is 10.1 Å². The molecule has 0 aromatic heterocycles. The molecule has 1 aromatic carbocycles. The third-order valence-electron chi connectivity index (χ3n) is 3.04. The van der Waals surface area contributed by atoms with Crippen molar-refractivity contribution in [3.8, 4) is 0 Å². The van der Waals surface area contributed by atoms with E-state index in [-0.39, 0.29) is 11.0 Å². The summed E-state index contributed by atoms with van der Waals surface area (Å²) in [5.74, 6) is 0. The van der Waals surface area contributed by atoms with E-state index in [1.165, 1.54) is 0 Å². The van der Waals surface area contributed by atoms with Crippen molar-refractivity contribution in [2.75, 3.05) is 6.61 Å². The Kier molecular flexibility index (Phi) is 4.39. The Bertz CT molecular complexity index is 545. The fourth-order valence-corrected chi connectivity index (χ4v) is 3.07. The van der Waals surface area contributed by atoms with Gasteiger partial charge in [0.1, 0.15) is 12.2 Å². The summed E-state index contributed by atoms with van der Waals surface area (Å²) < 4.78 is 35.0. The molecule has 4 nitrogen and oxygen atoms in total. The third-order valence-corrected chi connectivity index (χ3v) is 4.39. The summed E-state index contributed by atoms with van der Waals surface area (Å²) in [5, 5.41) is 0. The molecule has 0 aliphatic carbocycles. The molecule has 104 valence electrons. The van der Waals surface area contributed by atoms with Gasteiger partial charge in [-0.15, -0.1) is 0 Å². The molecular weight excluding hydrogens is 264 g/mol. The van der Waals surface area contributed by atoms with Gasteiger partial charge in [0.15, 0.2) is 0 Å². The Hall–Kier alpha value is -1.17. The maximum Gasteiger partial charge on any atom is 0.297 e. The fraction of sp³-hybridized carbons (Fsp3) is 0.429. The minimum absolute atomic E-state index is 0.179. The largest absolute Gasteiger partial charge is 0.367 e. The number of hydrogen-bond acceptors (Lipinski definition) is 4. The number of aryl methyl sites for hydroxylation is 1. The van der Waals surface area contributed by atoms with Crippen molar-refractivity contribution in [2.24, 2.45) is 0 Å². The molecule has 1 aromatic rings. The SMILES string of the molecule is CC[C@@H](OS(=O)(=O)c1ccc(C)cc1)[C@@H]1C=CCO1. The van der Waals surface area contributed by atoms with E-state index < -0.39 is 16.2 Å². The molecule has 19 heavy (non-hydrogen) atoms.